The normalized spacial score (nSPS) is 8.38. The first-order valence-electron chi connectivity index (χ1n) is 3.34. The number of carboxylic acid groups (broad SMARTS) is 2. The number of phenols is 2. The van der Waals surface area contributed by atoms with Gasteiger partial charge in [-0.3, -0.25) is 0 Å². The van der Waals surface area contributed by atoms with Crippen LogP contribution in [-0.4, -0.2) is 26.6 Å². The highest BCUT2D eigenvalue weighted by molar-refractivity contribution is 5.53. The van der Waals surface area contributed by atoms with Crippen LogP contribution in [-0.2, 0) is 0 Å². The number of phenolic OH excluding ortho intramolecular Hbond substituents is 2. The summed E-state index contributed by atoms with van der Waals surface area (Å²) in [6.07, 6.45) is -1.83. The molecule has 0 aliphatic rings. The Morgan fingerprint density at radius 1 is 1.23 bits per heavy atom. The molecule has 0 radical (unpaired) electrons. The van der Waals surface area contributed by atoms with Gasteiger partial charge < -0.3 is 20.4 Å². The lowest BCUT2D eigenvalue weighted by atomic mass is 10.2. The van der Waals surface area contributed by atoms with E-state index in [1.165, 1.54) is 12.1 Å². The molecule has 4 N–H and O–H groups in total. The van der Waals surface area contributed by atoms with Crippen molar-refractivity contribution in [1.82, 2.24) is 0 Å². The highest BCUT2D eigenvalue weighted by Crippen LogP contribution is 2.20. The van der Waals surface area contributed by atoms with E-state index in [-0.39, 0.29) is 11.5 Å². The fraction of sp³-hybridized carbons (Fsp3) is 0.125. The van der Waals surface area contributed by atoms with E-state index in [2.05, 4.69) is 0 Å². The Labute approximate surface area is 74.5 Å². The molecule has 0 saturated heterocycles. The van der Waals surface area contributed by atoms with Gasteiger partial charge in [0.1, 0.15) is 11.5 Å². The maximum atomic E-state index is 8.94. The summed E-state index contributed by atoms with van der Waals surface area (Å²) in [5.41, 5.74) is 0.771. The zero-order valence-electron chi connectivity index (χ0n) is 6.93. The number of benzene rings is 1. The Kier molecular flexibility index (Phi) is 4.15. The topological polar surface area (TPSA) is 98.0 Å². The smallest absolute Gasteiger partial charge is 0.503 e. The molecule has 0 saturated carbocycles. The third kappa shape index (κ3) is 5.37. The van der Waals surface area contributed by atoms with Crippen LogP contribution in [0.3, 0.4) is 0 Å². The molecule has 0 unspecified atom stereocenters. The number of aryl methyl sites for hydroxylation is 1. The summed E-state index contributed by atoms with van der Waals surface area (Å²) in [6.45, 7) is 1.77. The molecule has 1 rings (SSSR count). The standard InChI is InChI=1S/C7H8O2.CH2O3/c1-5-2-3-6(8)4-7(5)9;2-1(3)4/h2-4,8-9H,1H3;(H2,2,3,4). The van der Waals surface area contributed by atoms with E-state index in [4.69, 9.17) is 25.2 Å². The molecule has 0 aliphatic carbocycles. The second-order valence-corrected chi connectivity index (χ2v) is 2.25. The second-order valence-electron chi connectivity index (χ2n) is 2.25. The molecule has 1 aromatic rings. The van der Waals surface area contributed by atoms with E-state index in [0.717, 1.165) is 5.56 Å². The van der Waals surface area contributed by atoms with Gasteiger partial charge in [-0.25, -0.2) is 4.79 Å². The molecule has 0 fully saturated rings. The molecular weight excluding hydrogens is 176 g/mol. The van der Waals surface area contributed by atoms with Gasteiger partial charge in [0.2, 0.25) is 0 Å². The maximum absolute atomic E-state index is 8.94. The molecular formula is C8H10O5. The third-order valence-electron chi connectivity index (χ3n) is 1.19. The first kappa shape index (κ1) is 11.1. The molecule has 1 aromatic carbocycles. The summed E-state index contributed by atoms with van der Waals surface area (Å²) >= 11 is 0. The third-order valence-corrected chi connectivity index (χ3v) is 1.19. The van der Waals surface area contributed by atoms with Crippen LogP contribution in [0.15, 0.2) is 18.2 Å². The molecule has 0 amide bonds. The van der Waals surface area contributed by atoms with Gasteiger partial charge in [-0.05, 0) is 18.6 Å². The van der Waals surface area contributed by atoms with Crippen molar-refractivity contribution in [1.29, 1.82) is 0 Å². The van der Waals surface area contributed by atoms with Crippen LogP contribution in [0.2, 0.25) is 0 Å². The van der Waals surface area contributed by atoms with Gasteiger partial charge in [0.25, 0.3) is 0 Å². The van der Waals surface area contributed by atoms with Crippen molar-refractivity contribution in [3.8, 4) is 11.5 Å². The molecule has 13 heavy (non-hydrogen) atoms. The van der Waals surface area contributed by atoms with E-state index >= 15 is 0 Å². The lowest BCUT2D eigenvalue weighted by Crippen LogP contribution is -1.81. The Morgan fingerprint density at radius 3 is 2.00 bits per heavy atom. The van der Waals surface area contributed by atoms with E-state index in [9.17, 15) is 0 Å². The number of carbonyl (C=O) groups is 1. The average Bonchev–Trinajstić information content (AvgIpc) is 1.96. The Bertz CT molecular complexity index is 291. The van der Waals surface area contributed by atoms with Crippen molar-refractivity contribution in [3.05, 3.63) is 23.8 Å². The molecule has 0 spiro atoms. The number of rotatable bonds is 0. The van der Waals surface area contributed by atoms with Crippen LogP contribution >= 0.6 is 0 Å². The van der Waals surface area contributed by atoms with Crippen LogP contribution in [0.5, 0.6) is 11.5 Å². The van der Waals surface area contributed by atoms with Gasteiger partial charge in [0, 0.05) is 6.07 Å². The minimum Gasteiger partial charge on any atom is -0.508 e. The summed E-state index contributed by atoms with van der Waals surface area (Å²) < 4.78 is 0. The van der Waals surface area contributed by atoms with E-state index in [1.807, 2.05) is 0 Å². The summed E-state index contributed by atoms with van der Waals surface area (Å²) in [5.74, 6) is 0.230. The highest BCUT2D eigenvalue weighted by atomic mass is 16.6. The van der Waals surface area contributed by atoms with Crippen LogP contribution in [0.25, 0.3) is 0 Å². The van der Waals surface area contributed by atoms with Gasteiger partial charge in [0.15, 0.2) is 0 Å². The zero-order chi connectivity index (χ0) is 10.4. The van der Waals surface area contributed by atoms with Crippen molar-refractivity contribution in [3.63, 3.8) is 0 Å². The Morgan fingerprint density at radius 2 is 1.69 bits per heavy atom. The van der Waals surface area contributed by atoms with Crippen molar-refractivity contribution >= 4 is 6.16 Å². The van der Waals surface area contributed by atoms with E-state index < -0.39 is 6.16 Å². The first-order chi connectivity index (χ1) is 5.93. The van der Waals surface area contributed by atoms with Gasteiger partial charge in [-0.15, -0.1) is 0 Å². The molecule has 0 aromatic heterocycles. The highest BCUT2D eigenvalue weighted by Gasteiger charge is 1.93. The molecule has 5 nitrogen and oxygen atoms in total. The molecule has 0 bridgehead atoms. The van der Waals surface area contributed by atoms with Crippen molar-refractivity contribution < 1.29 is 25.2 Å². The van der Waals surface area contributed by atoms with Gasteiger partial charge in [-0.1, -0.05) is 6.07 Å². The molecule has 0 atom stereocenters. The lowest BCUT2D eigenvalue weighted by molar-refractivity contribution is 0.137. The van der Waals surface area contributed by atoms with E-state index in [0.29, 0.717) is 0 Å². The molecule has 0 heterocycles. The Balaban J connectivity index is 0.000000310. The fourth-order valence-corrected chi connectivity index (χ4v) is 0.598. The summed E-state index contributed by atoms with van der Waals surface area (Å²) in [5, 5.41) is 31.7. The van der Waals surface area contributed by atoms with Crippen LogP contribution < -0.4 is 0 Å². The Hall–Kier alpha value is -1.91. The van der Waals surface area contributed by atoms with Gasteiger partial charge >= 0.3 is 6.16 Å². The van der Waals surface area contributed by atoms with Crippen molar-refractivity contribution in [2.24, 2.45) is 0 Å². The van der Waals surface area contributed by atoms with Gasteiger partial charge in [0.05, 0.1) is 0 Å². The monoisotopic (exact) mass is 186 g/mol. The quantitative estimate of drug-likeness (QED) is 0.493. The van der Waals surface area contributed by atoms with Gasteiger partial charge in [-0.2, -0.15) is 0 Å². The number of aromatic hydroxyl groups is 2. The first-order valence-corrected chi connectivity index (χ1v) is 3.34. The maximum Gasteiger partial charge on any atom is 0.503 e. The lowest BCUT2D eigenvalue weighted by Gasteiger charge is -1.96. The second kappa shape index (κ2) is 4.87. The SMILES string of the molecule is Cc1ccc(O)cc1O.O=C(O)O. The van der Waals surface area contributed by atoms with Crippen molar-refractivity contribution in [2.45, 2.75) is 6.92 Å². The predicted molar refractivity (Wildman–Crippen MR) is 45.2 cm³/mol. The molecule has 72 valence electrons. The van der Waals surface area contributed by atoms with Crippen molar-refractivity contribution in [2.75, 3.05) is 0 Å². The van der Waals surface area contributed by atoms with Crippen LogP contribution in [0.1, 0.15) is 5.56 Å². The van der Waals surface area contributed by atoms with E-state index in [1.54, 1.807) is 13.0 Å². The molecule has 5 heteroatoms. The predicted octanol–water partition coefficient (Wildman–Crippen LogP) is 1.63. The fourth-order valence-electron chi connectivity index (χ4n) is 0.598. The summed E-state index contributed by atoms with van der Waals surface area (Å²) in [6, 6.07) is 4.51. The minimum absolute atomic E-state index is 0.0955. The molecule has 0 aliphatic heterocycles. The minimum atomic E-state index is -1.83. The number of hydrogen-bond donors (Lipinski definition) is 4. The van der Waals surface area contributed by atoms with Crippen LogP contribution in [0, 0.1) is 6.92 Å². The average molecular weight is 186 g/mol. The van der Waals surface area contributed by atoms with Crippen LogP contribution in [0.4, 0.5) is 4.79 Å². The summed E-state index contributed by atoms with van der Waals surface area (Å²) in [4.78, 5) is 8.56. The largest absolute Gasteiger partial charge is 0.508 e. The summed E-state index contributed by atoms with van der Waals surface area (Å²) in [7, 11) is 0. The number of hydrogen-bond acceptors (Lipinski definition) is 3. The zero-order valence-corrected chi connectivity index (χ0v) is 6.93.